The van der Waals surface area contributed by atoms with E-state index in [4.69, 9.17) is 5.73 Å². The molecule has 0 atom stereocenters. The Hall–Kier alpha value is -2.59. The molecule has 0 aliphatic carbocycles. The summed E-state index contributed by atoms with van der Waals surface area (Å²) in [4.78, 5) is 14.6. The Labute approximate surface area is 161 Å². The molecule has 1 heterocycles. The standard InChI is InChI=1S/C23H29N3O/c1-3-16(4-2)13-25-14-18-7-10-22-21(12-18)20(15-26-22)11-17-5-8-19(9-6-17)23(24)27/h5-10,12,15-16,25-26H,3-4,11,13-14H2,1-2H3,(H2,24,27). The van der Waals surface area contributed by atoms with Gasteiger partial charge >= 0.3 is 0 Å². The molecule has 4 nitrogen and oxygen atoms in total. The van der Waals surface area contributed by atoms with Crippen molar-refractivity contribution in [2.45, 2.75) is 39.7 Å². The molecule has 0 fully saturated rings. The van der Waals surface area contributed by atoms with E-state index in [0.717, 1.165) is 36.5 Å². The molecule has 27 heavy (non-hydrogen) atoms. The lowest BCUT2D eigenvalue weighted by molar-refractivity contribution is 0.100. The Morgan fingerprint density at radius 3 is 2.44 bits per heavy atom. The van der Waals surface area contributed by atoms with Gasteiger partial charge in [-0.1, -0.05) is 44.9 Å². The van der Waals surface area contributed by atoms with Crippen LogP contribution in [0.15, 0.2) is 48.7 Å². The zero-order valence-electron chi connectivity index (χ0n) is 16.2. The van der Waals surface area contributed by atoms with E-state index < -0.39 is 0 Å². The molecule has 4 heteroatoms. The number of benzene rings is 2. The monoisotopic (exact) mass is 363 g/mol. The minimum absolute atomic E-state index is 0.390. The maximum atomic E-state index is 11.2. The van der Waals surface area contributed by atoms with Crippen LogP contribution in [-0.2, 0) is 13.0 Å². The summed E-state index contributed by atoms with van der Waals surface area (Å²) in [7, 11) is 0. The lowest BCUT2D eigenvalue weighted by atomic mass is 10.0. The molecule has 1 amide bonds. The summed E-state index contributed by atoms with van der Waals surface area (Å²) in [5.74, 6) is 0.360. The van der Waals surface area contributed by atoms with Crippen molar-refractivity contribution in [1.82, 2.24) is 10.3 Å². The number of nitrogens with one attached hydrogen (secondary N) is 2. The highest BCUT2D eigenvalue weighted by Crippen LogP contribution is 2.23. The number of hydrogen-bond acceptors (Lipinski definition) is 2. The predicted molar refractivity (Wildman–Crippen MR) is 112 cm³/mol. The third-order valence-corrected chi connectivity index (χ3v) is 5.38. The number of amides is 1. The van der Waals surface area contributed by atoms with E-state index in [9.17, 15) is 4.79 Å². The molecule has 4 N–H and O–H groups in total. The van der Waals surface area contributed by atoms with E-state index >= 15 is 0 Å². The largest absolute Gasteiger partial charge is 0.366 e. The number of fused-ring (bicyclic) bond motifs is 1. The van der Waals surface area contributed by atoms with Crippen molar-refractivity contribution in [3.8, 4) is 0 Å². The van der Waals surface area contributed by atoms with Crippen molar-refractivity contribution in [3.05, 3.63) is 70.9 Å². The maximum absolute atomic E-state index is 11.2. The first kappa shape index (κ1) is 19.2. The SMILES string of the molecule is CCC(CC)CNCc1ccc2[nH]cc(Cc3ccc(C(N)=O)cc3)c2c1. The molecule has 0 unspecified atom stereocenters. The van der Waals surface area contributed by atoms with Gasteiger partial charge in [0.2, 0.25) is 5.91 Å². The van der Waals surface area contributed by atoms with Crippen molar-refractivity contribution in [3.63, 3.8) is 0 Å². The summed E-state index contributed by atoms with van der Waals surface area (Å²) in [6.45, 7) is 6.47. The number of hydrogen-bond donors (Lipinski definition) is 3. The molecule has 0 aliphatic rings. The Morgan fingerprint density at radius 2 is 1.78 bits per heavy atom. The average molecular weight is 364 g/mol. The van der Waals surface area contributed by atoms with Crippen LogP contribution in [0.25, 0.3) is 10.9 Å². The molecule has 3 aromatic rings. The molecular weight excluding hydrogens is 334 g/mol. The molecule has 0 radical (unpaired) electrons. The molecule has 0 bridgehead atoms. The number of primary amides is 1. The fourth-order valence-corrected chi connectivity index (χ4v) is 3.49. The highest BCUT2D eigenvalue weighted by Gasteiger charge is 2.08. The van der Waals surface area contributed by atoms with Gasteiger partial charge in [0, 0.05) is 29.2 Å². The molecule has 0 spiro atoms. The number of carbonyl (C=O) groups excluding carboxylic acids is 1. The van der Waals surface area contributed by atoms with Gasteiger partial charge in [0.05, 0.1) is 0 Å². The number of nitrogens with two attached hydrogens (primary N) is 1. The quantitative estimate of drug-likeness (QED) is 0.528. The Bertz CT molecular complexity index is 892. The number of carbonyl (C=O) groups is 1. The fourth-order valence-electron chi connectivity index (χ4n) is 3.49. The number of aromatic nitrogens is 1. The van der Waals surface area contributed by atoms with Gasteiger partial charge < -0.3 is 16.0 Å². The predicted octanol–water partition coefficient (Wildman–Crippen LogP) is 4.38. The Kier molecular flexibility index (Phi) is 6.30. The lowest BCUT2D eigenvalue weighted by Gasteiger charge is -2.13. The van der Waals surface area contributed by atoms with Crippen LogP contribution in [0.1, 0.15) is 53.7 Å². The molecule has 0 saturated heterocycles. The average Bonchev–Trinajstić information content (AvgIpc) is 3.08. The lowest BCUT2D eigenvalue weighted by Crippen LogP contribution is -2.21. The van der Waals surface area contributed by atoms with Crippen LogP contribution in [-0.4, -0.2) is 17.4 Å². The van der Waals surface area contributed by atoms with Crippen LogP contribution >= 0.6 is 0 Å². The van der Waals surface area contributed by atoms with E-state index in [1.54, 1.807) is 12.1 Å². The first-order valence-corrected chi connectivity index (χ1v) is 9.79. The first-order valence-electron chi connectivity index (χ1n) is 9.79. The van der Waals surface area contributed by atoms with Gasteiger partial charge in [-0.25, -0.2) is 0 Å². The summed E-state index contributed by atoms with van der Waals surface area (Å²) in [6.07, 6.45) is 5.34. The number of H-pyrrole nitrogens is 1. The van der Waals surface area contributed by atoms with Gasteiger partial charge in [-0.2, -0.15) is 0 Å². The second-order valence-corrected chi connectivity index (χ2v) is 7.25. The van der Waals surface area contributed by atoms with Gasteiger partial charge in [0.1, 0.15) is 0 Å². The summed E-state index contributed by atoms with van der Waals surface area (Å²) in [5.41, 5.74) is 10.7. The van der Waals surface area contributed by atoms with E-state index in [1.807, 2.05) is 12.1 Å². The fraction of sp³-hybridized carbons (Fsp3) is 0.348. The molecule has 1 aromatic heterocycles. The third-order valence-electron chi connectivity index (χ3n) is 5.38. The zero-order chi connectivity index (χ0) is 19.2. The Balaban J connectivity index is 1.71. The molecule has 0 saturated carbocycles. The number of rotatable bonds is 9. The number of aromatic amines is 1. The van der Waals surface area contributed by atoms with Crippen LogP contribution < -0.4 is 11.1 Å². The van der Waals surface area contributed by atoms with E-state index in [2.05, 4.69) is 48.5 Å². The van der Waals surface area contributed by atoms with Gasteiger partial charge in [-0.15, -0.1) is 0 Å². The molecule has 142 valence electrons. The van der Waals surface area contributed by atoms with Crippen LogP contribution in [0.3, 0.4) is 0 Å². The zero-order valence-corrected chi connectivity index (χ0v) is 16.2. The van der Waals surface area contributed by atoms with E-state index in [-0.39, 0.29) is 5.91 Å². The van der Waals surface area contributed by atoms with Crippen LogP contribution in [0, 0.1) is 5.92 Å². The van der Waals surface area contributed by atoms with Crippen molar-refractivity contribution in [2.75, 3.05) is 6.54 Å². The third kappa shape index (κ3) is 4.77. The molecule has 0 aliphatic heterocycles. The minimum atomic E-state index is -0.390. The Morgan fingerprint density at radius 1 is 1.07 bits per heavy atom. The summed E-state index contributed by atoms with van der Waals surface area (Å²) in [6, 6.07) is 14.1. The topological polar surface area (TPSA) is 70.9 Å². The first-order chi connectivity index (χ1) is 13.1. The van der Waals surface area contributed by atoms with E-state index in [0.29, 0.717) is 5.56 Å². The second kappa shape index (κ2) is 8.87. The highest BCUT2D eigenvalue weighted by atomic mass is 16.1. The summed E-state index contributed by atoms with van der Waals surface area (Å²) >= 11 is 0. The van der Waals surface area contributed by atoms with Crippen molar-refractivity contribution in [2.24, 2.45) is 11.7 Å². The van der Waals surface area contributed by atoms with Crippen LogP contribution in [0.2, 0.25) is 0 Å². The molecule has 3 rings (SSSR count). The van der Waals surface area contributed by atoms with Gasteiger partial charge in [0.15, 0.2) is 0 Å². The molecular formula is C23H29N3O. The smallest absolute Gasteiger partial charge is 0.248 e. The second-order valence-electron chi connectivity index (χ2n) is 7.25. The van der Waals surface area contributed by atoms with Crippen LogP contribution in [0.4, 0.5) is 0 Å². The summed E-state index contributed by atoms with van der Waals surface area (Å²) < 4.78 is 0. The van der Waals surface area contributed by atoms with Crippen molar-refractivity contribution < 1.29 is 4.79 Å². The van der Waals surface area contributed by atoms with Gasteiger partial charge in [-0.05, 0) is 59.8 Å². The maximum Gasteiger partial charge on any atom is 0.248 e. The summed E-state index contributed by atoms with van der Waals surface area (Å²) in [5, 5.41) is 4.85. The minimum Gasteiger partial charge on any atom is -0.366 e. The van der Waals surface area contributed by atoms with Crippen molar-refractivity contribution >= 4 is 16.8 Å². The molecule has 2 aromatic carbocycles. The van der Waals surface area contributed by atoms with Crippen LogP contribution in [0.5, 0.6) is 0 Å². The van der Waals surface area contributed by atoms with E-state index in [1.165, 1.54) is 29.4 Å². The van der Waals surface area contributed by atoms with Gasteiger partial charge in [0.25, 0.3) is 0 Å². The van der Waals surface area contributed by atoms with Gasteiger partial charge in [-0.3, -0.25) is 4.79 Å². The highest BCUT2D eigenvalue weighted by molar-refractivity contribution is 5.92. The normalized spacial score (nSPS) is 11.4. The van der Waals surface area contributed by atoms with Crippen molar-refractivity contribution in [1.29, 1.82) is 0 Å².